The highest BCUT2D eigenvalue weighted by atomic mass is 35.5. The summed E-state index contributed by atoms with van der Waals surface area (Å²) < 4.78 is 11.0. The van der Waals surface area contributed by atoms with E-state index in [-0.39, 0.29) is 11.9 Å². The smallest absolute Gasteiger partial charge is 0.316 e. The molecule has 8 heteroatoms. The van der Waals surface area contributed by atoms with E-state index in [4.69, 9.17) is 32.7 Å². The number of carboxylic acid groups (broad SMARTS) is 1. The molecule has 2 spiro atoms. The van der Waals surface area contributed by atoms with Crippen LogP contribution in [0.5, 0.6) is 0 Å². The third-order valence-corrected chi connectivity index (χ3v) is 10.7. The van der Waals surface area contributed by atoms with Gasteiger partial charge in [0.1, 0.15) is 15.5 Å². The minimum Gasteiger partial charge on any atom is -0.481 e. The first-order valence-corrected chi connectivity index (χ1v) is 11.4. The predicted octanol–water partition coefficient (Wildman–Crippen LogP) is 3.63. The number of halogens is 2. The molecule has 1 heterocycles. The van der Waals surface area contributed by atoms with Gasteiger partial charge < -0.3 is 14.6 Å². The third kappa shape index (κ3) is 1.74. The van der Waals surface area contributed by atoms with Crippen molar-refractivity contribution in [2.45, 2.75) is 67.9 Å². The van der Waals surface area contributed by atoms with E-state index < -0.39 is 55.6 Å². The van der Waals surface area contributed by atoms with Crippen LogP contribution in [-0.4, -0.2) is 38.5 Å². The number of rotatable bonds is 2. The Morgan fingerprint density at radius 3 is 2.57 bits per heavy atom. The second-order valence-corrected chi connectivity index (χ2v) is 12.2. The molecule has 0 aromatic carbocycles. The molecule has 1 aliphatic heterocycles. The molecule has 5 aliphatic carbocycles. The van der Waals surface area contributed by atoms with Crippen LogP contribution >= 0.6 is 23.2 Å². The van der Waals surface area contributed by atoms with E-state index in [1.807, 2.05) is 12.2 Å². The number of ether oxygens (including phenoxy) is 2. The Kier molecular flexibility index (Phi) is 3.26. The monoisotopic (exact) mass is 454 g/mol. The molecule has 6 aliphatic rings. The molecular weight excluding hydrogens is 431 g/mol. The minimum atomic E-state index is -1.05. The van der Waals surface area contributed by atoms with Crippen molar-refractivity contribution in [3.05, 3.63) is 12.2 Å². The molecule has 8 atom stereocenters. The fourth-order valence-electron chi connectivity index (χ4n) is 8.96. The number of hydrogen-bond donors (Lipinski definition) is 1. The number of carboxylic acids is 1. The molecule has 0 radical (unpaired) electrons. The summed E-state index contributed by atoms with van der Waals surface area (Å²) in [7, 11) is 0. The van der Waals surface area contributed by atoms with Gasteiger partial charge in [-0.1, -0.05) is 12.2 Å². The van der Waals surface area contributed by atoms with Crippen LogP contribution in [0.2, 0.25) is 0 Å². The first kappa shape index (κ1) is 19.4. The van der Waals surface area contributed by atoms with E-state index in [2.05, 4.69) is 0 Å². The summed E-state index contributed by atoms with van der Waals surface area (Å²) in [5, 5.41) is 10.5. The first-order valence-electron chi connectivity index (χ1n) is 10.6. The van der Waals surface area contributed by atoms with Crippen LogP contribution < -0.4 is 0 Å². The van der Waals surface area contributed by atoms with Gasteiger partial charge in [0.15, 0.2) is 0 Å². The molecular formula is C22H24Cl2O6. The van der Waals surface area contributed by atoms with Crippen LogP contribution in [0.4, 0.5) is 0 Å². The molecule has 30 heavy (non-hydrogen) atoms. The number of alkyl halides is 2. The van der Waals surface area contributed by atoms with Crippen LogP contribution in [0.15, 0.2) is 12.2 Å². The van der Waals surface area contributed by atoms with Gasteiger partial charge in [0, 0.05) is 30.6 Å². The molecule has 1 unspecified atom stereocenters. The standard InChI is InChI=1S/C22H24Cl2O6/c1-11(25)29-20-7-4-12-18(9-20,8-19(20)10-22(19,23)24)13(15(26)27)14-17(2)5-3-6-21(12,14)30-16(17)28/h3,5,12-14H,4,6-10H2,1-2H3,(H,26,27)/t12-,13-,14-,17?,18+,19+,20+,21-/m1/s1. The van der Waals surface area contributed by atoms with Crippen molar-refractivity contribution in [1.29, 1.82) is 0 Å². The molecule has 162 valence electrons. The molecule has 5 fully saturated rings. The summed E-state index contributed by atoms with van der Waals surface area (Å²) >= 11 is 13.3. The molecule has 4 bridgehead atoms. The quantitative estimate of drug-likeness (QED) is 0.389. The van der Waals surface area contributed by atoms with E-state index in [0.29, 0.717) is 38.5 Å². The molecule has 4 saturated carbocycles. The van der Waals surface area contributed by atoms with Crippen molar-refractivity contribution < 1.29 is 29.0 Å². The lowest BCUT2D eigenvalue weighted by Crippen LogP contribution is -2.49. The molecule has 6 rings (SSSR count). The lowest BCUT2D eigenvalue weighted by molar-refractivity contribution is -0.174. The number of aliphatic carboxylic acids is 1. The Hall–Kier alpha value is -1.27. The molecule has 1 N–H and O–H groups in total. The van der Waals surface area contributed by atoms with Crippen molar-refractivity contribution in [2.75, 3.05) is 0 Å². The Morgan fingerprint density at radius 2 is 1.97 bits per heavy atom. The van der Waals surface area contributed by atoms with Gasteiger partial charge in [-0.25, -0.2) is 0 Å². The van der Waals surface area contributed by atoms with E-state index >= 15 is 0 Å². The second kappa shape index (κ2) is 5.03. The highest BCUT2D eigenvalue weighted by molar-refractivity contribution is 6.51. The van der Waals surface area contributed by atoms with Crippen molar-refractivity contribution >= 4 is 41.1 Å². The normalized spacial score (nSPS) is 55.7. The van der Waals surface area contributed by atoms with E-state index in [1.54, 1.807) is 6.92 Å². The topological polar surface area (TPSA) is 89.9 Å². The third-order valence-electron chi connectivity index (χ3n) is 9.69. The van der Waals surface area contributed by atoms with Crippen LogP contribution in [0, 0.1) is 34.0 Å². The van der Waals surface area contributed by atoms with Gasteiger partial charge in [-0.05, 0) is 44.4 Å². The minimum absolute atomic E-state index is 0.125. The van der Waals surface area contributed by atoms with E-state index in [0.717, 1.165) is 0 Å². The number of esters is 2. The summed E-state index contributed by atoms with van der Waals surface area (Å²) in [6, 6.07) is 0. The predicted molar refractivity (Wildman–Crippen MR) is 106 cm³/mol. The number of hydrogen-bond acceptors (Lipinski definition) is 5. The summed E-state index contributed by atoms with van der Waals surface area (Å²) in [6.07, 6.45) is 6.88. The zero-order valence-electron chi connectivity index (χ0n) is 16.9. The maximum atomic E-state index is 12.9. The van der Waals surface area contributed by atoms with Gasteiger partial charge in [-0.15, -0.1) is 23.2 Å². The van der Waals surface area contributed by atoms with Gasteiger partial charge in [-0.2, -0.15) is 0 Å². The van der Waals surface area contributed by atoms with Crippen LogP contribution in [0.25, 0.3) is 0 Å². The largest absolute Gasteiger partial charge is 0.481 e. The van der Waals surface area contributed by atoms with Gasteiger partial charge in [0.05, 0.1) is 11.3 Å². The average Bonchev–Trinajstić information content (AvgIpc) is 2.92. The zero-order chi connectivity index (χ0) is 21.5. The van der Waals surface area contributed by atoms with Crippen LogP contribution in [0.1, 0.15) is 52.4 Å². The summed E-state index contributed by atoms with van der Waals surface area (Å²) in [4.78, 5) is 37.8. The second-order valence-electron chi connectivity index (χ2n) is 10.8. The Morgan fingerprint density at radius 1 is 1.27 bits per heavy atom. The maximum absolute atomic E-state index is 12.9. The van der Waals surface area contributed by atoms with Crippen molar-refractivity contribution in [3.8, 4) is 0 Å². The first-order chi connectivity index (χ1) is 13.9. The van der Waals surface area contributed by atoms with Gasteiger partial charge in [0.2, 0.25) is 0 Å². The van der Waals surface area contributed by atoms with Crippen molar-refractivity contribution in [2.24, 2.45) is 34.0 Å². The fourth-order valence-corrected chi connectivity index (χ4v) is 9.90. The van der Waals surface area contributed by atoms with Crippen molar-refractivity contribution in [1.82, 2.24) is 0 Å². The lowest BCUT2D eigenvalue weighted by Gasteiger charge is -2.46. The summed E-state index contributed by atoms with van der Waals surface area (Å²) in [5.41, 5.74) is -3.99. The van der Waals surface area contributed by atoms with Gasteiger partial charge >= 0.3 is 17.9 Å². The molecule has 1 saturated heterocycles. The molecule has 0 aromatic heterocycles. The Balaban J connectivity index is 1.57. The molecule has 0 amide bonds. The lowest BCUT2D eigenvalue weighted by atomic mass is 9.62. The van der Waals surface area contributed by atoms with Gasteiger partial charge in [-0.3, -0.25) is 14.4 Å². The van der Waals surface area contributed by atoms with Gasteiger partial charge in [0.25, 0.3) is 0 Å². The zero-order valence-corrected chi connectivity index (χ0v) is 18.4. The maximum Gasteiger partial charge on any atom is 0.316 e. The van der Waals surface area contributed by atoms with Crippen LogP contribution in [0.3, 0.4) is 0 Å². The highest BCUT2D eigenvalue weighted by Crippen LogP contribution is 2.87. The summed E-state index contributed by atoms with van der Waals surface area (Å²) in [5.74, 6) is -3.02. The molecule has 6 nitrogen and oxygen atoms in total. The fraction of sp³-hybridized carbons (Fsp3) is 0.773. The van der Waals surface area contributed by atoms with E-state index in [1.165, 1.54) is 6.92 Å². The number of carbonyl (C=O) groups excluding carboxylic acids is 2. The number of carbonyl (C=O) groups is 3. The SMILES string of the molecule is CC(=O)O[C@@]12CC[C@@H]3[C@@](C1)(C[C@]21CC1(Cl)Cl)[C@@H](C(=O)O)[C@@H]1C2(C)C=CC[C@]13OC2=O. The Bertz CT molecular complexity index is 961. The number of fused-ring (bicyclic) bond motifs is 2. The summed E-state index contributed by atoms with van der Waals surface area (Å²) in [6.45, 7) is 3.18. The highest BCUT2D eigenvalue weighted by Gasteiger charge is 2.91. The van der Waals surface area contributed by atoms with E-state index in [9.17, 15) is 19.5 Å². The average molecular weight is 455 g/mol. The van der Waals surface area contributed by atoms with Crippen LogP contribution in [-0.2, 0) is 23.9 Å². The Labute approximate surface area is 184 Å². The molecule has 0 aromatic rings. The van der Waals surface area contributed by atoms with Crippen molar-refractivity contribution in [3.63, 3.8) is 0 Å².